The van der Waals surface area contributed by atoms with Crippen molar-refractivity contribution in [3.63, 3.8) is 0 Å². The molecule has 0 N–H and O–H groups in total. The molecule has 126 valence electrons. The lowest BCUT2D eigenvalue weighted by Gasteiger charge is -2.34. The number of hydrogen-bond acceptors (Lipinski definition) is 4. The van der Waals surface area contributed by atoms with Crippen LogP contribution < -0.4 is 0 Å². The van der Waals surface area contributed by atoms with Gasteiger partial charge in [0.15, 0.2) is 0 Å². The largest absolute Gasteiger partial charge is 0.378 e. The van der Waals surface area contributed by atoms with Crippen molar-refractivity contribution in [3.8, 4) is 0 Å². The van der Waals surface area contributed by atoms with Crippen LogP contribution in [0.4, 0.5) is 0 Å². The van der Waals surface area contributed by atoms with Crippen LogP contribution in [0, 0.1) is 5.41 Å². The van der Waals surface area contributed by atoms with Gasteiger partial charge < -0.3 is 14.5 Å². The highest BCUT2D eigenvalue weighted by molar-refractivity contribution is 6.08. The number of Topliss-reactive ketones (excluding diaryl/α,β-unsaturated/α-hetero) is 1. The molecule has 1 saturated carbocycles. The van der Waals surface area contributed by atoms with E-state index >= 15 is 0 Å². The minimum absolute atomic E-state index is 0.0745. The van der Waals surface area contributed by atoms with Crippen LogP contribution in [0.1, 0.15) is 45.4 Å². The van der Waals surface area contributed by atoms with E-state index in [9.17, 15) is 9.59 Å². The third-order valence-corrected chi connectivity index (χ3v) is 4.85. The lowest BCUT2D eigenvalue weighted by atomic mass is 9.95. The third kappa shape index (κ3) is 4.07. The molecule has 1 saturated heterocycles. The summed E-state index contributed by atoms with van der Waals surface area (Å²) in [7, 11) is 4.13. The highest BCUT2D eigenvalue weighted by Crippen LogP contribution is 2.49. The van der Waals surface area contributed by atoms with Crippen LogP contribution in [0.3, 0.4) is 0 Å². The lowest BCUT2D eigenvalue weighted by molar-refractivity contribution is -0.145. The number of ketones is 1. The van der Waals surface area contributed by atoms with E-state index in [1.54, 1.807) is 0 Å². The maximum absolute atomic E-state index is 12.6. The third-order valence-electron chi connectivity index (χ3n) is 4.85. The Balaban J connectivity index is 1.71. The Bertz CT molecular complexity index is 397. The first-order valence-electron chi connectivity index (χ1n) is 8.58. The number of carbonyl (C=O) groups excluding carboxylic acids is 2. The van der Waals surface area contributed by atoms with E-state index in [1.807, 2.05) is 11.8 Å². The highest BCUT2D eigenvalue weighted by atomic mass is 16.5. The Labute approximate surface area is 134 Å². The normalized spacial score (nSPS) is 21.2. The maximum atomic E-state index is 12.6. The molecule has 0 aromatic carbocycles. The molecule has 1 amide bonds. The second-order valence-electron chi connectivity index (χ2n) is 6.88. The number of hydrogen-bond donors (Lipinski definition) is 0. The molecule has 0 radical (unpaired) electrons. The number of ether oxygens (including phenoxy) is 1. The number of rotatable bonds is 8. The summed E-state index contributed by atoms with van der Waals surface area (Å²) in [4.78, 5) is 28.6. The van der Waals surface area contributed by atoms with Crippen LogP contribution in [0.15, 0.2) is 0 Å². The van der Waals surface area contributed by atoms with Gasteiger partial charge in [-0.2, -0.15) is 0 Å². The van der Waals surface area contributed by atoms with Gasteiger partial charge in [0.1, 0.15) is 11.2 Å². The van der Waals surface area contributed by atoms with E-state index in [4.69, 9.17) is 4.74 Å². The van der Waals surface area contributed by atoms with Gasteiger partial charge in [-0.25, -0.2) is 0 Å². The monoisotopic (exact) mass is 310 g/mol. The second kappa shape index (κ2) is 7.55. The van der Waals surface area contributed by atoms with Gasteiger partial charge >= 0.3 is 0 Å². The summed E-state index contributed by atoms with van der Waals surface area (Å²) in [5, 5.41) is 0. The Hall–Kier alpha value is -0.940. The SMILES string of the molecule is CCC(=O)C1(C(=O)N2CCC(OCCCN(C)C)CC2)CC1. The molecule has 2 aliphatic rings. The van der Waals surface area contributed by atoms with Crippen molar-refractivity contribution in [1.29, 1.82) is 0 Å². The average molecular weight is 310 g/mol. The molecule has 5 heteroatoms. The fourth-order valence-electron chi connectivity index (χ4n) is 3.23. The molecule has 0 bridgehead atoms. The van der Waals surface area contributed by atoms with Crippen LogP contribution in [-0.2, 0) is 14.3 Å². The second-order valence-corrected chi connectivity index (χ2v) is 6.88. The van der Waals surface area contributed by atoms with Gasteiger partial charge in [-0.1, -0.05) is 6.92 Å². The van der Waals surface area contributed by atoms with Gasteiger partial charge in [0.2, 0.25) is 5.91 Å². The summed E-state index contributed by atoms with van der Waals surface area (Å²) in [5.41, 5.74) is -0.645. The summed E-state index contributed by atoms with van der Waals surface area (Å²) in [6.45, 7) is 5.14. The zero-order valence-corrected chi connectivity index (χ0v) is 14.3. The Morgan fingerprint density at radius 2 is 1.86 bits per heavy atom. The molecule has 22 heavy (non-hydrogen) atoms. The van der Waals surface area contributed by atoms with Crippen molar-refractivity contribution in [2.24, 2.45) is 5.41 Å². The summed E-state index contributed by atoms with van der Waals surface area (Å²) >= 11 is 0. The molecule has 5 nitrogen and oxygen atoms in total. The summed E-state index contributed by atoms with van der Waals surface area (Å²) in [6.07, 6.45) is 5.06. The van der Waals surface area contributed by atoms with Crippen molar-refractivity contribution in [2.75, 3.05) is 40.3 Å². The number of likely N-dealkylation sites (tertiary alicyclic amines) is 1. The molecule has 1 heterocycles. The van der Waals surface area contributed by atoms with Crippen LogP contribution in [0.5, 0.6) is 0 Å². The summed E-state index contributed by atoms with van der Waals surface area (Å²) in [6, 6.07) is 0. The number of nitrogens with zero attached hydrogens (tertiary/aromatic N) is 2. The first-order chi connectivity index (χ1) is 10.5. The minimum Gasteiger partial charge on any atom is -0.378 e. The first-order valence-corrected chi connectivity index (χ1v) is 8.58. The average Bonchev–Trinajstić information content (AvgIpc) is 3.32. The van der Waals surface area contributed by atoms with Crippen molar-refractivity contribution >= 4 is 11.7 Å². The van der Waals surface area contributed by atoms with E-state index in [0.717, 1.165) is 58.3 Å². The topological polar surface area (TPSA) is 49.9 Å². The van der Waals surface area contributed by atoms with Crippen molar-refractivity contribution in [2.45, 2.75) is 51.6 Å². The standard InChI is InChI=1S/C17H30N2O3/c1-4-15(20)17(8-9-17)16(21)19-11-6-14(7-12-19)22-13-5-10-18(2)3/h14H,4-13H2,1-3H3. The Kier molecular flexibility index (Phi) is 5.98. The van der Waals surface area contributed by atoms with Crippen LogP contribution in [-0.4, -0.2) is 67.9 Å². The molecule has 1 aliphatic carbocycles. The fourth-order valence-corrected chi connectivity index (χ4v) is 3.23. The minimum atomic E-state index is -0.645. The molecule has 0 spiro atoms. The molecular weight excluding hydrogens is 280 g/mol. The van der Waals surface area contributed by atoms with Crippen molar-refractivity contribution in [3.05, 3.63) is 0 Å². The first kappa shape index (κ1) is 17.4. The Morgan fingerprint density at radius 1 is 1.23 bits per heavy atom. The van der Waals surface area contributed by atoms with Crippen LogP contribution in [0.25, 0.3) is 0 Å². The van der Waals surface area contributed by atoms with Gasteiger partial charge in [0.25, 0.3) is 0 Å². The highest BCUT2D eigenvalue weighted by Gasteiger charge is 2.56. The van der Waals surface area contributed by atoms with E-state index in [-0.39, 0.29) is 17.8 Å². The van der Waals surface area contributed by atoms with Gasteiger partial charge in [0.05, 0.1) is 6.10 Å². The molecule has 0 unspecified atom stereocenters. The summed E-state index contributed by atoms with van der Waals surface area (Å²) < 4.78 is 5.90. The van der Waals surface area contributed by atoms with Gasteiger partial charge in [0, 0.05) is 26.1 Å². The molecule has 0 atom stereocenters. The summed E-state index contributed by atoms with van der Waals surface area (Å²) in [5.74, 6) is 0.199. The van der Waals surface area contributed by atoms with E-state index in [2.05, 4.69) is 19.0 Å². The van der Waals surface area contributed by atoms with Gasteiger partial charge in [-0.05, 0) is 52.7 Å². The molecule has 2 rings (SSSR count). The van der Waals surface area contributed by atoms with Crippen molar-refractivity contribution < 1.29 is 14.3 Å². The fraction of sp³-hybridized carbons (Fsp3) is 0.882. The zero-order valence-electron chi connectivity index (χ0n) is 14.3. The molecule has 0 aromatic rings. The number of amides is 1. The molecule has 1 aliphatic heterocycles. The quantitative estimate of drug-likeness (QED) is 0.506. The van der Waals surface area contributed by atoms with Crippen molar-refractivity contribution in [1.82, 2.24) is 9.80 Å². The lowest BCUT2D eigenvalue weighted by Crippen LogP contribution is -2.46. The maximum Gasteiger partial charge on any atom is 0.236 e. The predicted octanol–water partition coefficient (Wildman–Crippen LogP) is 1.71. The van der Waals surface area contributed by atoms with E-state index in [0.29, 0.717) is 6.42 Å². The molecule has 0 aromatic heterocycles. The number of carbonyl (C=O) groups is 2. The zero-order chi connectivity index (χ0) is 16.2. The number of piperidine rings is 1. The molecular formula is C17H30N2O3. The van der Waals surface area contributed by atoms with E-state index in [1.165, 1.54) is 0 Å². The van der Waals surface area contributed by atoms with Crippen LogP contribution >= 0.6 is 0 Å². The smallest absolute Gasteiger partial charge is 0.236 e. The van der Waals surface area contributed by atoms with E-state index < -0.39 is 5.41 Å². The van der Waals surface area contributed by atoms with Crippen LogP contribution in [0.2, 0.25) is 0 Å². The van der Waals surface area contributed by atoms with Gasteiger partial charge in [-0.15, -0.1) is 0 Å². The predicted molar refractivity (Wildman–Crippen MR) is 85.7 cm³/mol. The van der Waals surface area contributed by atoms with Gasteiger partial charge in [-0.3, -0.25) is 9.59 Å². The molecule has 2 fully saturated rings. The Morgan fingerprint density at radius 3 is 2.36 bits per heavy atom.